The van der Waals surface area contributed by atoms with Crippen molar-refractivity contribution >= 4 is 11.8 Å². The molecule has 0 spiro atoms. The lowest BCUT2D eigenvalue weighted by Crippen LogP contribution is -2.48. The van der Waals surface area contributed by atoms with Gasteiger partial charge in [0.15, 0.2) is 0 Å². The number of methoxy groups -OCH3 is 1. The second-order valence-corrected chi connectivity index (χ2v) is 6.72. The van der Waals surface area contributed by atoms with Crippen LogP contribution in [0.5, 0.6) is 5.75 Å². The molecule has 2 N–H and O–H groups in total. The molecule has 1 aliphatic carbocycles. The van der Waals surface area contributed by atoms with E-state index in [4.69, 9.17) is 4.74 Å². The Balaban J connectivity index is 1.56. The lowest BCUT2D eigenvalue weighted by molar-refractivity contribution is -0.134. The maximum atomic E-state index is 12.7. The molecule has 1 aliphatic heterocycles. The molecule has 1 heterocycles. The molecule has 1 aromatic rings. The molecular formula is C19H27N3O3. The third-order valence-corrected chi connectivity index (χ3v) is 4.88. The molecule has 0 aromatic heterocycles. The number of carbonyl (C=O) groups excluding carboxylic acids is 2. The number of para-hydroxylation sites is 1. The molecule has 2 aliphatic rings. The van der Waals surface area contributed by atoms with Crippen molar-refractivity contribution in [3.05, 3.63) is 29.8 Å². The monoisotopic (exact) mass is 345 g/mol. The van der Waals surface area contributed by atoms with Crippen LogP contribution in [0.1, 0.15) is 37.3 Å². The van der Waals surface area contributed by atoms with Gasteiger partial charge in [-0.1, -0.05) is 18.2 Å². The summed E-state index contributed by atoms with van der Waals surface area (Å²) < 4.78 is 5.47. The Kier molecular flexibility index (Phi) is 5.91. The Morgan fingerprint density at radius 3 is 2.88 bits per heavy atom. The predicted octanol–water partition coefficient (Wildman–Crippen LogP) is 1.47. The first-order valence-corrected chi connectivity index (χ1v) is 9.11. The predicted molar refractivity (Wildman–Crippen MR) is 95.3 cm³/mol. The minimum atomic E-state index is -0.0153. The molecule has 1 saturated carbocycles. The van der Waals surface area contributed by atoms with Gasteiger partial charge in [0.05, 0.1) is 13.2 Å². The van der Waals surface area contributed by atoms with Crippen LogP contribution in [-0.4, -0.2) is 50.0 Å². The van der Waals surface area contributed by atoms with Crippen molar-refractivity contribution < 1.29 is 14.3 Å². The number of nitrogens with one attached hydrogen (secondary N) is 2. The molecule has 25 heavy (non-hydrogen) atoms. The molecule has 3 rings (SSSR count). The Labute approximate surface area is 148 Å². The maximum Gasteiger partial charge on any atom is 0.223 e. The summed E-state index contributed by atoms with van der Waals surface area (Å²) >= 11 is 0. The van der Waals surface area contributed by atoms with Crippen molar-refractivity contribution in [2.75, 3.05) is 33.3 Å². The van der Waals surface area contributed by atoms with Crippen molar-refractivity contribution in [1.29, 1.82) is 0 Å². The van der Waals surface area contributed by atoms with E-state index in [2.05, 4.69) is 10.6 Å². The van der Waals surface area contributed by atoms with Gasteiger partial charge in [-0.2, -0.15) is 0 Å². The number of hydrogen-bond acceptors (Lipinski definition) is 4. The zero-order valence-electron chi connectivity index (χ0n) is 14.8. The quantitative estimate of drug-likeness (QED) is 0.734. The average molecular weight is 345 g/mol. The van der Waals surface area contributed by atoms with Crippen LogP contribution >= 0.6 is 0 Å². The van der Waals surface area contributed by atoms with E-state index in [1.54, 1.807) is 7.11 Å². The zero-order chi connectivity index (χ0) is 17.6. The molecule has 0 bridgehead atoms. The van der Waals surface area contributed by atoms with Gasteiger partial charge in [0, 0.05) is 44.1 Å². The Morgan fingerprint density at radius 2 is 2.12 bits per heavy atom. The maximum absolute atomic E-state index is 12.7. The van der Waals surface area contributed by atoms with Crippen molar-refractivity contribution in [1.82, 2.24) is 15.5 Å². The summed E-state index contributed by atoms with van der Waals surface area (Å²) in [5.74, 6) is 1.31. The summed E-state index contributed by atoms with van der Waals surface area (Å²) in [5.41, 5.74) is 1.03. The molecule has 1 aromatic carbocycles. The average Bonchev–Trinajstić information content (AvgIpc) is 3.50. The van der Waals surface area contributed by atoms with Crippen LogP contribution < -0.4 is 15.4 Å². The summed E-state index contributed by atoms with van der Waals surface area (Å²) in [7, 11) is 1.66. The second-order valence-electron chi connectivity index (χ2n) is 6.72. The minimum Gasteiger partial charge on any atom is -0.496 e. The number of amides is 2. The summed E-state index contributed by atoms with van der Waals surface area (Å²) in [4.78, 5) is 26.3. The fourth-order valence-electron chi connectivity index (χ4n) is 3.31. The first kappa shape index (κ1) is 17.7. The van der Waals surface area contributed by atoms with E-state index in [1.807, 2.05) is 29.2 Å². The van der Waals surface area contributed by atoms with Crippen molar-refractivity contribution in [2.24, 2.45) is 5.92 Å². The number of ether oxygens (including phenoxy) is 1. The lowest BCUT2D eigenvalue weighted by atomic mass is 10.0. The first-order chi connectivity index (χ1) is 12.2. The van der Waals surface area contributed by atoms with Gasteiger partial charge in [0.2, 0.25) is 11.8 Å². The van der Waals surface area contributed by atoms with E-state index in [-0.39, 0.29) is 23.8 Å². The Bertz CT molecular complexity index is 616. The second kappa shape index (κ2) is 8.34. The number of benzene rings is 1. The van der Waals surface area contributed by atoms with Crippen LogP contribution in [0.4, 0.5) is 0 Å². The van der Waals surface area contributed by atoms with E-state index >= 15 is 0 Å². The lowest BCUT2D eigenvalue weighted by Gasteiger charge is -2.37. The fraction of sp³-hybridized carbons (Fsp3) is 0.579. The van der Waals surface area contributed by atoms with E-state index in [0.717, 1.165) is 37.2 Å². The Hall–Kier alpha value is -2.08. The van der Waals surface area contributed by atoms with Gasteiger partial charge in [-0.05, 0) is 25.3 Å². The van der Waals surface area contributed by atoms with Gasteiger partial charge in [-0.25, -0.2) is 0 Å². The summed E-state index contributed by atoms with van der Waals surface area (Å²) in [6.45, 7) is 2.79. The van der Waals surface area contributed by atoms with Gasteiger partial charge in [-0.15, -0.1) is 0 Å². The number of hydrogen-bond donors (Lipinski definition) is 2. The van der Waals surface area contributed by atoms with Crippen LogP contribution in [0.25, 0.3) is 0 Å². The van der Waals surface area contributed by atoms with Gasteiger partial charge >= 0.3 is 0 Å². The normalized spacial score (nSPS) is 20.2. The van der Waals surface area contributed by atoms with Gasteiger partial charge in [0.1, 0.15) is 5.75 Å². The number of rotatable bonds is 7. The first-order valence-electron chi connectivity index (χ1n) is 9.11. The third kappa shape index (κ3) is 4.51. The van der Waals surface area contributed by atoms with Gasteiger partial charge in [-0.3, -0.25) is 9.59 Å². The molecule has 6 nitrogen and oxygen atoms in total. The molecule has 2 fully saturated rings. The Morgan fingerprint density at radius 1 is 1.32 bits per heavy atom. The molecule has 136 valence electrons. The number of nitrogens with zero attached hydrogens (tertiary/aromatic N) is 1. The summed E-state index contributed by atoms with van der Waals surface area (Å²) in [6.07, 6.45) is 3.15. The summed E-state index contributed by atoms with van der Waals surface area (Å²) in [6, 6.07) is 7.85. The molecule has 1 unspecified atom stereocenters. The van der Waals surface area contributed by atoms with Crippen LogP contribution in [-0.2, 0) is 9.59 Å². The largest absolute Gasteiger partial charge is 0.496 e. The van der Waals surface area contributed by atoms with Gasteiger partial charge in [0.25, 0.3) is 0 Å². The topological polar surface area (TPSA) is 70.7 Å². The molecule has 6 heteroatoms. The highest BCUT2D eigenvalue weighted by Gasteiger charge is 2.30. The molecule has 2 amide bonds. The van der Waals surface area contributed by atoms with E-state index in [9.17, 15) is 9.59 Å². The smallest absolute Gasteiger partial charge is 0.223 e. The minimum absolute atomic E-state index is 0.0153. The van der Waals surface area contributed by atoms with E-state index in [0.29, 0.717) is 25.9 Å². The standard InChI is InChI=1S/C19H27N3O3/c1-25-17-6-3-2-5-15(17)16-13-20-11-12-22(16)18(23)7-4-10-21-19(24)14-8-9-14/h2-3,5-6,14,16,20H,4,7-13H2,1H3,(H,21,24). The molecule has 0 radical (unpaired) electrons. The van der Waals surface area contributed by atoms with Crippen molar-refractivity contribution in [3.63, 3.8) is 0 Å². The van der Waals surface area contributed by atoms with E-state index in [1.165, 1.54) is 0 Å². The van der Waals surface area contributed by atoms with E-state index < -0.39 is 0 Å². The van der Waals surface area contributed by atoms with Gasteiger partial charge < -0.3 is 20.3 Å². The summed E-state index contributed by atoms with van der Waals surface area (Å²) in [5, 5.41) is 6.29. The van der Waals surface area contributed by atoms with Crippen LogP contribution in [0, 0.1) is 5.92 Å². The number of carbonyl (C=O) groups is 2. The highest BCUT2D eigenvalue weighted by molar-refractivity contribution is 5.81. The van der Waals surface area contributed by atoms with Crippen LogP contribution in [0.3, 0.4) is 0 Å². The molecule has 1 atom stereocenters. The van der Waals surface area contributed by atoms with Crippen LogP contribution in [0.15, 0.2) is 24.3 Å². The van der Waals surface area contributed by atoms with Crippen LogP contribution in [0.2, 0.25) is 0 Å². The highest BCUT2D eigenvalue weighted by atomic mass is 16.5. The zero-order valence-corrected chi connectivity index (χ0v) is 14.8. The molecule has 1 saturated heterocycles. The van der Waals surface area contributed by atoms with Crippen molar-refractivity contribution in [2.45, 2.75) is 31.7 Å². The fourth-order valence-corrected chi connectivity index (χ4v) is 3.31. The SMILES string of the molecule is COc1ccccc1C1CNCCN1C(=O)CCCNC(=O)C1CC1. The van der Waals surface area contributed by atoms with Crippen molar-refractivity contribution in [3.8, 4) is 5.75 Å². The highest BCUT2D eigenvalue weighted by Crippen LogP contribution is 2.31. The third-order valence-electron chi connectivity index (χ3n) is 4.88. The number of piperazine rings is 1. The molecular weight excluding hydrogens is 318 g/mol.